The maximum absolute atomic E-state index is 11.5. The largest absolute Gasteiger partial charge is 0.479 e. The number of hydrogen-bond donors (Lipinski definition) is 1. The highest BCUT2D eigenvalue weighted by atomic mass is 32.2. The quantitative estimate of drug-likeness (QED) is 0.866. The first kappa shape index (κ1) is 13.4. The fraction of sp³-hybridized carbons (Fsp3) is 0.500. The van der Waals surface area contributed by atoms with Crippen molar-refractivity contribution in [1.29, 1.82) is 0 Å². The van der Waals surface area contributed by atoms with Gasteiger partial charge in [-0.3, -0.25) is 4.79 Å². The molecule has 1 aromatic rings. The van der Waals surface area contributed by atoms with Gasteiger partial charge in [0.2, 0.25) is 5.91 Å². The molecule has 2 rings (SSSR count). The third kappa shape index (κ3) is 2.40. The third-order valence-electron chi connectivity index (χ3n) is 2.93. The molecule has 0 aliphatic carbocycles. The zero-order valence-electron chi connectivity index (χ0n) is 10.3. The Morgan fingerprint density at radius 1 is 1.61 bits per heavy atom. The van der Waals surface area contributed by atoms with Crippen molar-refractivity contribution >= 4 is 35.0 Å². The maximum atomic E-state index is 11.5. The molecule has 1 aromatic heterocycles. The van der Waals surface area contributed by atoms with E-state index in [4.69, 9.17) is 0 Å². The van der Waals surface area contributed by atoms with E-state index in [2.05, 4.69) is 13.0 Å². The molecule has 2 heterocycles. The summed E-state index contributed by atoms with van der Waals surface area (Å²) >= 11 is 3.22. The molecule has 6 heteroatoms. The van der Waals surface area contributed by atoms with E-state index in [9.17, 15) is 14.7 Å². The molecule has 0 saturated carbocycles. The van der Waals surface area contributed by atoms with Crippen LogP contribution in [0.2, 0.25) is 0 Å². The number of nitrogens with zero attached hydrogens (tertiary/aromatic N) is 1. The van der Waals surface area contributed by atoms with Crippen molar-refractivity contribution < 1.29 is 14.7 Å². The summed E-state index contributed by atoms with van der Waals surface area (Å²) in [7, 11) is 0. The zero-order valence-corrected chi connectivity index (χ0v) is 11.9. The van der Waals surface area contributed by atoms with Crippen molar-refractivity contribution in [3.63, 3.8) is 0 Å². The highest BCUT2D eigenvalue weighted by molar-refractivity contribution is 8.01. The van der Waals surface area contributed by atoms with Gasteiger partial charge in [0.25, 0.3) is 0 Å². The molecule has 0 fully saturated rings. The average molecular weight is 285 g/mol. The van der Waals surface area contributed by atoms with Crippen LogP contribution in [0.25, 0.3) is 0 Å². The Balaban J connectivity index is 2.39. The van der Waals surface area contributed by atoms with E-state index in [0.29, 0.717) is 6.54 Å². The number of amides is 1. The lowest BCUT2D eigenvalue weighted by atomic mass is 10.0. The van der Waals surface area contributed by atoms with Gasteiger partial charge in [0, 0.05) is 18.3 Å². The first-order chi connectivity index (χ1) is 8.54. The van der Waals surface area contributed by atoms with Crippen LogP contribution in [0.5, 0.6) is 0 Å². The number of thiophene rings is 1. The predicted octanol–water partition coefficient (Wildman–Crippen LogP) is 2.39. The Morgan fingerprint density at radius 2 is 2.33 bits per heavy atom. The lowest BCUT2D eigenvalue weighted by Crippen LogP contribution is -2.41. The van der Waals surface area contributed by atoms with Gasteiger partial charge >= 0.3 is 5.97 Å². The van der Waals surface area contributed by atoms with Crippen molar-refractivity contribution in [3.8, 4) is 0 Å². The van der Waals surface area contributed by atoms with Crippen LogP contribution in [0, 0.1) is 0 Å². The first-order valence-electron chi connectivity index (χ1n) is 5.80. The summed E-state index contributed by atoms with van der Waals surface area (Å²) in [5, 5.41) is 9.35. The van der Waals surface area contributed by atoms with Crippen molar-refractivity contribution in [3.05, 3.63) is 16.5 Å². The Morgan fingerprint density at radius 3 is 2.89 bits per heavy atom. The normalized spacial score (nSPS) is 18.6. The van der Waals surface area contributed by atoms with Gasteiger partial charge in [0.15, 0.2) is 6.04 Å². The number of rotatable bonds is 3. The highest BCUT2D eigenvalue weighted by Gasteiger charge is 2.36. The van der Waals surface area contributed by atoms with Crippen LogP contribution in [0.4, 0.5) is 0 Å². The van der Waals surface area contributed by atoms with Gasteiger partial charge in [-0.1, -0.05) is 6.92 Å². The molecule has 1 amide bonds. The van der Waals surface area contributed by atoms with Gasteiger partial charge in [0.1, 0.15) is 0 Å². The van der Waals surface area contributed by atoms with E-state index >= 15 is 0 Å². The smallest absolute Gasteiger partial charge is 0.331 e. The second kappa shape index (κ2) is 5.32. The fourth-order valence-corrected chi connectivity index (χ4v) is 4.57. The number of carbonyl (C=O) groups is 2. The molecule has 1 unspecified atom stereocenters. The molecular formula is C12H15NO3S2. The summed E-state index contributed by atoms with van der Waals surface area (Å²) in [4.78, 5) is 25.2. The molecule has 0 spiro atoms. The average Bonchev–Trinajstić information content (AvgIpc) is 2.69. The SMILES string of the molecule is CCSc1cc2c(s1)C(C(=O)O)N(C(C)=O)CC2. The van der Waals surface area contributed by atoms with Gasteiger partial charge in [0.05, 0.1) is 4.21 Å². The molecule has 18 heavy (non-hydrogen) atoms. The number of hydrogen-bond acceptors (Lipinski definition) is 4. The standard InChI is InChI=1S/C12H15NO3S2/c1-3-17-9-6-8-4-5-13(7(2)14)10(12(15)16)11(8)18-9/h6,10H,3-5H2,1-2H3,(H,15,16). The Bertz CT molecular complexity index is 484. The van der Waals surface area contributed by atoms with E-state index in [1.807, 2.05) is 0 Å². The topological polar surface area (TPSA) is 57.6 Å². The lowest BCUT2D eigenvalue weighted by Gasteiger charge is -2.31. The molecule has 1 aliphatic heterocycles. The Labute approximate surface area is 114 Å². The second-order valence-electron chi connectivity index (χ2n) is 4.09. The molecule has 1 aliphatic rings. The number of carboxylic acids is 1. The molecule has 0 radical (unpaired) electrons. The van der Waals surface area contributed by atoms with Gasteiger partial charge in [-0.2, -0.15) is 0 Å². The van der Waals surface area contributed by atoms with E-state index in [1.165, 1.54) is 23.2 Å². The molecular weight excluding hydrogens is 270 g/mol. The van der Waals surface area contributed by atoms with Crippen LogP contribution in [-0.2, 0) is 16.0 Å². The van der Waals surface area contributed by atoms with Gasteiger partial charge in [-0.25, -0.2) is 4.79 Å². The minimum Gasteiger partial charge on any atom is -0.479 e. The van der Waals surface area contributed by atoms with Gasteiger partial charge in [-0.05, 0) is 23.8 Å². The van der Waals surface area contributed by atoms with Crippen LogP contribution in [0.1, 0.15) is 30.3 Å². The van der Waals surface area contributed by atoms with Crippen molar-refractivity contribution in [2.24, 2.45) is 0 Å². The molecule has 0 aromatic carbocycles. The molecule has 1 atom stereocenters. The molecule has 1 N–H and O–H groups in total. The van der Waals surface area contributed by atoms with E-state index < -0.39 is 12.0 Å². The maximum Gasteiger partial charge on any atom is 0.331 e. The zero-order chi connectivity index (χ0) is 13.3. The van der Waals surface area contributed by atoms with Crippen molar-refractivity contribution in [2.75, 3.05) is 12.3 Å². The van der Waals surface area contributed by atoms with Gasteiger partial charge in [-0.15, -0.1) is 23.1 Å². The minimum absolute atomic E-state index is 0.175. The van der Waals surface area contributed by atoms with Crippen molar-refractivity contribution in [2.45, 2.75) is 30.5 Å². The fourth-order valence-electron chi connectivity index (χ4n) is 2.15. The second-order valence-corrected chi connectivity index (χ2v) is 6.74. The van der Waals surface area contributed by atoms with E-state index in [1.54, 1.807) is 11.8 Å². The van der Waals surface area contributed by atoms with Gasteiger partial charge < -0.3 is 10.0 Å². The Kier molecular flexibility index (Phi) is 3.97. The van der Waals surface area contributed by atoms with E-state index in [-0.39, 0.29) is 5.91 Å². The summed E-state index contributed by atoms with van der Waals surface area (Å²) in [5.74, 6) is -0.153. The van der Waals surface area contributed by atoms with Crippen LogP contribution >= 0.6 is 23.1 Å². The molecule has 98 valence electrons. The van der Waals surface area contributed by atoms with Crippen LogP contribution in [-0.4, -0.2) is 34.2 Å². The summed E-state index contributed by atoms with van der Waals surface area (Å²) in [6, 6.07) is 1.27. The number of aliphatic carboxylic acids is 1. The Hall–Kier alpha value is -1.01. The minimum atomic E-state index is -0.943. The summed E-state index contributed by atoms with van der Waals surface area (Å²) in [5.41, 5.74) is 1.08. The number of carbonyl (C=O) groups excluding carboxylic acids is 1. The molecule has 0 saturated heterocycles. The van der Waals surface area contributed by atoms with Crippen molar-refractivity contribution in [1.82, 2.24) is 4.90 Å². The molecule has 4 nitrogen and oxygen atoms in total. The lowest BCUT2D eigenvalue weighted by molar-refractivity contribution is -0.150. The van der Waals surface area contributed by atoms with E-state index in [0.717, 1.165) is 26.8 Å². The third-order valence-corrected chi connectivity index (χ3v) is 5.25. The van der Waals surface area contributed by atoms with Crippen LogP contribution in [0.15, 0.2) is 10.3 Å². The predicted molar refractivity (Wildman–Crippen MR) is 72.2 cm³/mol. The number of fused-ring (bicyclic) bond motifs is 1. The number of thioether (sulfide) groups is 1. The molecule has 0 bridgehead atoms. The summed E-state index contributed by atoms with van der Waals surface area (Å²) in [6.45, 7) is 3.99. The first-order valence-corrected chi connectivity index (χ1v) is 7.60. The summed E-state index contributed by atoms with van der Waals surface area (Å²) < 4.78 is 1.14. The highest BCUT2D eigenvalue weighted by Crippen LogP contribution is 2.40. The number of carboxylic acid groups (broad SMARTS) is 1. The summed E-state index contributed by atoms with van der Waals surface area (Å²) in [6.07, 6.45) is 0.749. The van der Waals surface area contributed by atoms with Crippen LogP contribution < -0.4 is 0 Å². The van der Waals surface area contributed by atoms with Crippen LogP contribution in [0.3, 0.4) is 0 Å². The monoisotopic (exact) mass is 285 g/mol.